The summed E-state index contributed by atoms with van der Waals surface area (Å²) < 4.78 is 48.6. The third-order valence-corrected chi connectivity index (χ3v) is 5.55. The van der Waals surface area contributed by atoms with E-state index in [2.05, 4.69) is 0 Å². The number of hydrogen-bond acceptors (Lipinski definition) is 4. The van der Waals surface area contributed by atoms with Gasteiger partial charge in [0.05, 0.1) is 10.5 Å². The van der Waals surface area contributed by atoms with Crippen LogP contribution in [-0.2, 0) is 13.1 Å². The van der Waals surface area contributed by atoms with Crippen LogP contribution in [0.15, 0.2) is 84.9 Å². The first-order chi connectivity index (χ1) is 16.8. The molecule has 4 aromatic carbocycles. The average molecular weight is 478 g/mol. The number of nitro benzene ring substituents is 1. The molecular formula is C27H21F3N2O3. The van der Waals surface area contributed by atoms with E-state index in [-0.39, 0.29) is 29.9 Å². The molecule has 0 aliphatic heterocycles. The van der Waals surface area contributed by atoms with Gasteiger partial charge in [-0.2, -0.15) is 0 Å². The number of halogens is 3. The Hall–Kier alpha value is -4.33. The largest absolute Gasteiger partial charge is 0.457 e. The van der Waals surface area contributed by atoms with Gasteiger partial charge in [0, 0.05) is 48.1 Å². The van der Waals surface area contributed by atoms with Gasteiger partial charge < -0.3 is 9.64 Å². The predicted octanol–water partition coefficient (Wildman–Crippen LogP) is 7.32. The predicted molar refractivity (Wildman–Crippen MR) is 127 cm³/mol. The van der Waals surface area contributed by atoms with Crippen molar-refractivity contribution >= 4 is 11.4 Å². The summed E-state index contributed by atoms with van der Waals surface area (Å²) in [6, 6.07) is 21.1. The molecule has 0 fully saturated rings. The lowest BCUT2D eigenvalue weighted by Gasteiger charge is -2.27. The molecule has 178 valence electrons. The Balaban J connectivity index is 1.68. The van der Waals surface area contributed by atoms with Gasteiger partial charge in [0.25, 0.3) is 5.69 Å². The second-order valence-corrected chi connectivity index (χ2v) is 7.94. The summed E-state index contributed by atoms with van der Waals surface area (Å²) in [5.41, 5.74) is 1.12. The van der Waals surface area contributed by atoms with Crippen molar-refractivity contribution in [2.45, 2.75) is 20.0 Å². The lowest BCUT2D eigenvalue weighted by atomic mass is 10.1. The molecule has 0 saturated carbocycles. The highest BCUT2D eigenvalue weighted by molar-refractivity contribution is 5.62. The van der Waals surface area contributed by atoms with E-state index >= 15 is 4.39 Å². The van der Waals surface area contributed by atoms with Crippen LogP contribution >= 0.6 is 0 Å². The minimum atomic E-state index is -0.759. The summed E-state index contributed by atoms with van der Waals surface area (Å²) >= 11 is 0. The molecule has 0 amide bonds. The van der Waals surface area contributed by atoms with Gasteiger partial charge in [-0.15, -0.1) is 0 Å². The Morgan fingerprint density at radius 3 is 2.09 bits per heavy atom. The van der Waals surface area contributed by atoms with E-state index in [1.807, 2.05) is 6.07 Å². The number of ether oxygens (including phenoxy) is 1. The molecule has 4 rings (SSSR count). The molecule has 0 saturated heterocycles. The van der Waals surface area contributed by atoms with Crippen LogP contribution in [0.5, 0.6) is 11.5 Å². The molecule has 0 spiro atoms. The van der Waals surface area contributed by atoms with Gasteiger partial charge in [-0.3, -0.25) is 10.1 Å². The molecule has 0 radical (unpaired) electrons. The van der Waals surface area contributed by atoms with Crippen LogP contribution in [-0.4, -0.2) is 4.92 Å². The van der Waals surface area contributed by atoms with Crippen LogP contribution in [0, 0.1) is 34.5 Å². The maximum absolute atomic E-state index is 15.1. The zero-order valence-electron chi connectivity index (χ0n) is 18.8. The van der Waals surface area contributed by atoms with Crippen LogP contribution in [0.2, 0.25) is 0 Å². The number of rotatable bonds is 8. The zero-order chi connectivity index (χ0) is 24.9. The molecule has 0 aliphatic carbocycles. The molecule has 0 heterocycles. The van der Waals surface area contributed by atoms with Crippen molar-refractivity contribution in [2.75, 3.05) is 4.90 Å². The van der Waals surface area contributed by atoms with Gasteiger partial charge in [-0.05, 0) is 37.3 Å². The second-order valence-electron chi connectivity index (χ2n) is 7.94. The highest BCUT2D eigenvalue weighted by Gasteiger charge is 2.21. The van der Waals surface area contributed by atoms with E-state index in [0.29, 0.717) is 22.7 Å². The van der Waals surface area contributed by atoms with Gasteiger partial charge in [0.15, 0.2) is 0 Å². The number of nitro groups is 1. The minimum Gasteiger partial charge on any atom is -0.457 e. The molecule has 0 unspecified atom stereocenters. The van der Waals surface area contributed by atoms with Crippen molar-refractivity contribution in [1.29, 1.82) is 0 Å². The molecule has 8 heteroatoms. The van der Waals surface area contributed by atoms with Crippen molar-refractivity contribution in [2.24, 2.45) is 0 Å². The van der Waals surface area contributed by atoms with E-state index < -0.39 is 22.4 Å². The van der Waals surface area contributed by atoms with Crippen molar-refractivity contribution in [3.05, 3.63) is 129 Å². The summed E-state index contributed by atoms with van der Waals surface area (Å²) in [6.45, 7) is 1.50. The highest BCUT2D eigenvalue weighted by Crippen LogP contribution is 2.32. The Labute approximate surface area is 200 Å². The average Bonchev–Trinajstić information content (AvgIpc) is 2.82. The molecule has 0 bridgehead atoms. The first kappa shape index (κ1) is 23.8. The van der Waals surface area contributed by atoms with Gasteiger partial charge >= 0.3 is 0 Å². The summed E-state index contributed by atoms with van der Waals surface area (Å²) in [4.78, 5) is 12.6. The number of anilines is 1. The normalized spacial score (nSPS) is 10.7. The standard InChI is InChI=1S/C27H21F3N2O3/c1-18-26(8-5-9-27(18)32(33)34)31(16-19-10-12-21(28)14-24(19)29)17-20-11-13-23(15-25(20)30)35-22-6-3-2-4-7-22/h2-15H,16-17H2,1H3. The quantitative estimate of drug-likeness (QED) is 0.197. The minimum absolute atomic E-state index is 0.0176. The summed E-state index contributed by atoms with van der Waals surface area (Å²) in [6.07, 6.45) is 0. The molecule has 0 aromatic heterocycles. The fraction of sp³-hybridized carbons (Fsp3) is 0.111. The van der Waals surface area contributed by atoms with Crippen LogP contribution in [0.25, 0.3) is 0 Å². The third kappa shape index (κ3) is 5.60. The summed E-state index contributed by atoms with van der Waals surface area (Å²) in [5, 5.41) is 11.5. The van der Waals surface area contributed by atoms with Crippen LogP contribution < -0.4 is 9.64 Å². The maximum Gasteiger partial charge on any atom is 0.274 e. The third-order valence-electron chi connectivity index (χ3n) is 5.55. The number of hydrogen-bond donors (Lipinski definition) is 0. The number of para-hydroxylation sites is 1. The SMILES string of the molecule is Cc1c(N(Cc2ccc(F)cc2F)Cc2ccc(Oc3ccccc3)cc2F)cccc1[N+](=O)[O-]. The van der Waals surface area contributed by atoms with Crippen molar-refractivity contribution in [3.8, 4) is 11.5 Å². The van der Waals surface area contributed by atoms with Crippen molar-refractivity contribution < 1.29 is 22.8 Å². The van der Waals surface area contributed by atoms with Crippen molar-refractivity contribution in [1.82, 2.24) is 0 Å². The second kappa shape index (κ2) is 10.3. The van der Waals surface area contributed by atoms with Gasteiger partial charge in [0.1, 0.15) is 29.0 Å². The molecular weight excluding hydrogens is 457 g/mol. The fourth-order valence-corrected chi connectivity index (χ4v) is 3.78. The number of benzene rings is 4. The van der Waals surface area contributed by atoms with Gasteiger partial charge in [-0.25, -0.2) is 13.2 Å². The lowest BCUT2D eigenvalue weighted by molar-refractivity contribution is -0.385. The molecule has 4 aromatic rings. The van der Waals surface area contributed by atoms with Crippen LogP contribution in [0.3, 0.4) is 0 Å². The zero-order valence-corrected chi connectivity index (χ0v) is 18.8. The Kier molecular flexibility index (Phi) is 7.01. The Morgan fingerprint density at radius 1 is 0.800 bits per heavy atom. The number of nitrogens with zero attached hydrogens (tertiary/aromatic N) is 2. The Morgan fingerprint density at radius 2 is 1.46 bits per heavy atom. The maximum atomic E-state index is 15.1. The van der Waals surface area contributed by atoms with E-state index in [9.17, 15) is 18.9 Å². The van der Waals surface area contributed by atoms with E-state index in [0.717, 1.165) is 12.1 Å². The summed E-state index contributed by atoms with van der Waals surface area (Å²) in [5.74, 6) is -1.17. The van der Waals surface area contributed by atoms with E-state index in [1.54, 1.807) is 54.3 Å². The Bertz CT molecular complexity index is 1360. The molecule has 0 aliphatic rings. The van der Waals surface area contributed by atoms with Gasteiger partial charge in [0.2, 0.25) is 0 Å². The van der Waals surface area contributed by atoms with Crippen molar-refractivity contribution in [3.63, 3.8) is 0 Å². The van der Waals surface area contributed by atoms with Crippen LogP contribution in [0.1, 0.15) is 16.7 Å². The first-order valence-corrected chi connectivity index (χ1v) is 10.8. The first-order valence-electron chi connectivity index (χ1n) is 10.8. The van der Waals surface area contributed by atoms with Crippen LogP contribution in [0.4, 0.5) is 24.5 Å². The van der Waals surface area contributed by atoms with E-state index in [4.69, 9.17) is 4.74 Å². The monoisotopic (exact) mass is 478 g/mol. The molecule has 35 heavy (non-hydrogen) atoms. The summed E-state index contributed by atoms with van der Waals surface area (Å²) in [7, 11) is 0. The fourth-order valence-electron chi connectivity index (χ4n) is 3.78. The topological polar surface area (TPSA) is 55.6 Å². The molecule has 0 N–H and O–H groups in total. The smallest absolute Gasteiger partial charge is 0.274 e. The molecule has 5 nitrogen and oxygen atoms in total. The molecule has 0 atom stereocenters. The van der Waals surface area contributed by atoms with E-state index in [1.165, 1.54) is 24.3 Å². The lowest BCUT2D eigenvalue weighted by Crippen LogP contribution is -2.24. The highest BCUT2D eigenvalue weighted by atomic mass is 19.1. The van der Waals surface area contributed by atoms with Gasteiger partial charge in [-0.1, -0.05) is 36.4 Å².